The van der Waals surface area contributed by atoms with Crippen LogP contribution in [0, 0.1) is 6.92 Å². The zero-order valence-corrected chi connectivity index (χ0v) is 16.6. The first-order chi connectivity index (χ1) is 13.6. The highest BCUT2D eigenvalue weighted by Crippen LogP contribution is 2.27. The van der Waals surface area contributed by atoms with Crippen LogP contribution in [-0.4, -0.2) is 59.1 Å². The maximum Gasteiger partial charge on any atom is 0.348 e. The summed E-state index contributed by atoms with van der Waals surface area (Å²) in [6.45, 7) is 5.76. The third-order valence-electron chi connectivity index (χ3n) is 4.94. The van der Waals surface area contributed by atoms with Crippen molar-refractivity contribution >= 4 is 33.3 Å². The number of pyridine rings is 1. The van der Waals surface area contributed by atoms with E-state index in [1.165, 1.54) is 18.4 Å². The summed E-state index contributed by atoms with van der Waals surface area (Å²) < 4.78 is 4.80. The minimum absolute atomic E-state index is 0.212. The Morgan fingerprint density at radius 2 is 2.07 bits per heavy atom. The normalized spacial score (nSPS) is 15.1. The molecular weight excluding hydrogens is 378 g/mol. The smallest absolute Gasteiger partial charge is 0.348 e. The van der Waals surface area contributed by atoms with Crippen LogP contribution in [0.3, 0.4) is 0 Å². The maximum absolute atomic E-state index is 12.5. The molecule has 1 fully saturated rings. The molecule has 0 radical (unpaired) electrons. The van der Waals surface area contributed by atoms with Gasteiger partial charge in [0, 0.05) is 32.4 Å². The summed E-state index contributed by atoms with van der Waals surface area (Å²) in [5.74, 6) is 1.16. The summed E-state index contributed by atoms with van der Waals surface area (Å²) in [7, 11) is 1.33. The predicted molar refractivity (Wildman–Crippen MR) is 108 cm³/mol. The predicted octanol–water partition coefficient (Wildman–Crippen LogP) is 1.80. The molecule has 8 nitrogen and oxygen atoms in total. The van der Waals surface area contributed by atoms with Gasteiger partial charge in [-0.1, -0.05) is 6.07 Å². The molecule has 4 rings (SSSR count). The minimum atomic E-state index is -0.438. The molecule has 0 aromatic carbocycles. The summed E-state index contributed by atoms with van der Waals surface area (Å²) in [6, 6.07) is 5.92. The van der Waals surface area contributed by atoms with E-state index in [2.05, 4.69) is 24.8 Å². The van der Waals surface area contributed by atoms with E-state index < -0.39 is 5.97 Å². The Morgan fingerprint density at radius 1 is 1.29 bits per heavy atom. The lowest BCUT2D eigenvalue weighted by Gasteiger charge is -2.35. The molecule has 1 saturated heterocycles. The van der Waals surface area contributed by atoms with Crippen LogP contribution in [0.15, 0.2) is 29.2 Å². The van der Waals surface area contributed by atoms with Crippen molar-refractivity contribution in [3.8, 4) is 0 Å². The molecule has 3 aromatic heterocycles. The van der Waals surface area contributed by atoms with E-state index in [0.29, 0.717) is 33.0 Å². The largest absolute Gasteiger partial charge is 0.465 e. The van der Waals surface area contributed by atoms with Gasteiger partial charge in [0.05, 0.1) is 19.0 Å². The van der Waals surface area contributed by atoms with Crippen LogP contribution in [0.25, 0.3) is 10.2 Å². The molecule has 146 valence electrons. The number of carbonyl (C=O) groups is 1. The average Bonchev–Trinajstić information content (AvgIpc) is 3.05. The van der Waals surface area contributed by atoms with Crippen LogP contribution in [0.1, 0.15) is 21.1 Å². The summed E-state index contributed by atoms with van der Waals surface area (Å²) >= 11 is 1.20. The minimum Gasteiger partial charge on any atom is -0.465 e. The van der Waals surface area contributed by atoms with Crippen LogP contribution in [0.2, 0.25) is 0 Å². The van der Waals surface area contributed by atoms with Crippen molar-refractivity contribution in [3.05, 3.63) is 51.0 Å². The first kappa shape index (κ1) is 18.6. The van der Waals surface area contributed by atoms with Gasteiger partial charge in [-0.15, -0.1) is 11.3 Å². The van der Waals surface area contributed by atoms with Gasteiger partial charge in [-0.25, -0.2) is 14.8 Å². The molecule has 3 aromatic rings. The Hall–Kier alpha value is -2.78. The number of hydrogen-bond donors (Lipinski definition) is 1. The molecule has 1 N–H and O–H groups in total. The molecule has 0 aliphatic carbocycles. The second kappa shape index (κ2) is 7.69. The van der Waals surface area contributed by atoms with E-state index in [0.717, 1.165) is 32.0 Å². The second-order valence-corrected chi connectivity index (χ2v) is 7.69. The fourth-order valence-corrected chi connectivity index (χ4v) is 4.56. The molecule has 0 bridgehead atoms. The number of esters is 1. The number of methoxy groups -OCH3 is 1. The summed E-state index contributed by atoms with van der Waals surface area (Å²) in [5.41, 5.74) is 0.409. The highest BCUT2D eigenvalue weighted by Gasteiger charge is 2.22. The van der Waals surface area contributed by atoms with Crippen molar-refractivity contribution in [1.82, 2.24) is 19.9 Å². The number of hydrogen-bond acceptors (Lipinski definition) is 8. The van der Waals surface area contributed by atoms with Crippen LogP contribution in [-0.2, 0) is 11.3 Å². The average molecular weight is 399 g/mol. The molecule has 9 heteroatoms. The van der Waals surface area contributed by atoms with Crippen molar-refractivity contribution in [3.63, 3.8) is 0 Å². The van der Waals surface area contributed by atoms with Crippen LogP contribution in [0.5, 0.6) is 0 Å². The molecule has 0 saturated carbocycles. The van der Waals surface area contributed by atoms with Gasteiger partial charge in [-0.3, -0.25) is 9.69 Å². The highest BCUT2D eigenvalue weighted by atomic mass is 32.1. The fraction of sp³-hybridized carbons (Fsp3) is 0.368. The van der Waals surface area contributed by atoms with Gasteiger partial charge in [0.1, 0.15) is 21.3 Å². The summed E-state index contributed by atoms with van der Waals surface area (Å²) in [6.07, 6.45) is 1.80. The lowest BCUT2D eigenvalue weighted by molar-refractivity contribution is 0.0605. The van der Waals surface area contributed by atoms with Crippen LogP contribution >= 0.6 is 11.3 Å². The number of aromatic amines is 1. The van der Waals surface area contributed by atoms with Gasteiger partial charge >= 0.3 is 5.97 Å². The first-order valence-electron chi connectivity index (χ1n) is 9.05. The number of fused-ring (bicyclic) bond motifs is 1. The molecule has 0 atom stereocenters. The molecule has 1 aliphatic heterocycles. The van der Waals surface area contributed by atoms with Crippen LogP contribution < -0.4 is 10.5 Å². The highest BCUT2D eigenvalue weighted by molar-refractivity contribution is 7.20. The van der Waals surface area contributed by atoms with E-state index in [9.17, 15) is 9.59 Å². The molecule has 0 spiro atoms. The fourth-order valence-electron chi connectivity index (χ4n) is 3.44. The second-order valence-electron chi connectivity index (χ2n) is 6.69. The monoisotopic (exact) mass is 399 g/mol. The van der Waals surface area contributed by atoms with Crippen molar-refractivity contribution in [1.29, 1.82) is 0 Å². The van der Waals surface area contributed by atoms with E-state index in [1.54, 1.807) is 13.1 Å². The standard InChI is InChI=1S/C19H21N5O3S/c1-12-15-17(25)21-13(22-18(15)28-16(12)19(26)27-2)11-23-7-9-24(10-8-23)14-5-3-4-6-20-14/h3-6H,7-11H2,1-2H3,(H,21,22,25). The Labute approximate surface area is 165 Å². The number of anilines is 1. The van der Waals surface area contributed by atoms with Crippen molar-refractivity contribution in [2.75, 3.05) is 38.2 Å². The molecule has 0 amide bonds. The first-order valence-corrected chi connectivity index (χ1v) is 9.87. The lowest BCUT2D eigenvalue weighted by atomic mass is 10.2. The van der Waals surface area contributed by atoms with Gasteiger partial charge in [0.25, 0.3) is 5.56 Å². The number of nitrogens with one attached hydrogen (secondary N) is 1. The van der Waals surface area contributed by atoms with Crippen LogP contribution in [0.4, 0.5) is 5.82 Å². The van der Waals surface area contributed by atoms with E-state index >= 15 is 0 Å². The SMILES string of the molecule is COC(=O)c1sc2nc(CN3CCN(c4ccccn4)CC3)[nH]c(=O)c2c1C. The number of piperazine rings is 1. The van der Waals surface area contributed by atoms with Crippen molar-refractivity contribution < 1.29 is 9.53 Å². The Balaban J connectivity index is 1.50. The molecule has 0 unspecified atom stereocenters. The number of rotatable bonds is 4. The van der Waals surface area contributed by atoms with Crippen molar-refractivity contribution in [2.45, 2.75) is 13.5 Å². The number of H-pyrrole nitrogens is 1. The summed E-state index contributed by atoms with van der Waals surface area (Å²) in [4.78, 5) is 41.8. The third kappa shape index (κ3) is 3.50. The maximum atomic E-state index is 12.5. The zero-order chi connectivity index (χ0) is 19.7. The quantitative estimate of drug-likeness (QED) is 0.669. The Morgan fingerprint density at radius 3 is 2.75 bits per heavy atom. The Kier molecular flexibility index (Phi) is 5.10. The summed E-state index contributed by atoms with van der Waals surface area (Å²) in [5, 5.41) is 0.467. The third-order valence-corrected chi connectivity index (χ3v) is 6.11. The van der Waals surface area contributed by atoms with Gasteiger partial charge in [-0.05, 0) is 24.6 Å². The number of carbonyl (C=O) groups excluding carboxylic acids is 1. The zero-order valence-electron chi connectivity index (χ0n) is 15.8. The van der Waals surface area contributed by atoms with Gasteiger partial charge in [0.15, 0.2) is 0 Å². The number of thiophene rings is 1. The number of aryl methyl sites for hydroxylation is 1. The number of nitrogens with zero attached hydrogens (tertiary/aromatic N) is 4. The van der Waals surface area contributed by atoms with E-state index in [1.807, 2.05) is 18.2 Å². The topological polar surface area (TPSA) is 91.4 Å². The van der Waals surface area contributed by atoms with Gasteiger partial charge in [0.2, 0.25) is 0 Å². The van der Waals surface area contributed by atoms with Gasteiger partial charge < -0.3 is 14.6 Å². The number of aromatic nitrogens is 3. The van der Waals surface area contributed by atoms with Crippen molar-refractivity contribution in [2.24, 2.45) is 0 Å². The number of ether oxygens (including phenoxy) is 1. The van der Waals surface area contributed by atoms with Gasteiger partial charge in [-0.2, -0.15) is 0 Å². The molecular formula is C19H21N5O3S. The molecule has 1 aliphatic rings. The molecule has 4 heterocycles. The van der Waals surface area contributed by atoms with E-state index in [-0.39, 0.29) is 5.56 Å². The molecule has 28 heavy (non-hydrogen) atoms. The lowest BCUT2D eigenvalue weighted by Crippen LogP contribution is -2.46. The Bertz CT molecular complexity index is 1050. The van der Waals surface area contributed by atoms with E-state index in [4.69, 9.17) is 4.74 Å².